The van der Waals surface area contributed by atoms with Crippen LogP contribution in [0.3, 0.4) is 0 Å². The molecule has 1 aliphatic heterocycles. The van der Waals surface area contributed by atoms with E-state index in [2.05, 4.69) is 15.7 Å². The van der Waals surface area contributed by atoms with Crippen molar-refractivity contribution in [3.05, 3.63) is 59.8 Å². The van der Waals surface area contributed by atoms with Gasteiger partial charge in [-0.05, 0) is 74.3 Å². The van der Waals surface area contributed by atoms with Gasteiger partial charge in [0, 0.05) is 40.5 Å². The van der Waals surface area contributed by atoms with Crippen molar-refractivity contribution in [1.82, 2.24) is 15.1 Å². The van der Waals surface area contributed by atoms with E-state index in [1.165, 1.54) is 24.6 Å². The molecule has 1 fully saturated rings. The lowest BCUT2D eigenvalue weighted by Gasteiger charge is -2.16. The molecule has 0 saturated carbocycles. The van der Waals surface area contributed by atoms with E-state index in [1.54, 1.807) is 6.20 Å². The Morgan fingerprint density at radius 1 is 1.28 bits per heavy atom. The first kappa shape index (κ1) is 22.7. The number of rotatable bonds is 9. The molecule has 1 saturated heterocycles. The number of anilines is 1. The number of amides is 1. The van der Waals surface area contributed by atoms with Crippen LogP contribution in [0, 0.1) is 0 Å². The van der Waals surface area contributed by atoms with Gasteiger partial charge in [-0.25, -0.2) is 0 Å². The Morgan fingerprint density at radius 2 is 2.12 bits per heavy atom. The highest BCUT2D eigenvalue weighted by Gasteiger charge is 2.16. The molecule has 0 spiro atoms. The first-order valence-electron chi connectivity index (χ1n) is 10.8. The van der Waals surface area contributed by atoms with Gasteiger partial charge in [0.1, 0.15) is 5.75 Å². The number of nitrogens with zero attached hydrogens (tertiary/aromatic N) is 2. The van der Waals surface area contributed by atoms with Crippen LogP contribution in [-0.4, -0.2) is 40.6 Å². The lowest BCUT2D eigenvalue weighted by atomic mass is 10.1. The smallest absolute Gasteiger partial charge is 0.234 e. The molecule has 1 aliphatic rings. The summed E-state index contributed by atoms with van der Waals surface area (Å²) < 4.78 is 7.95. The lowest BCUT2D eigenvalue weighted by Crippen LogP contribution is -2.23. The number of carbonyl (C=O) groups is 1. The van der Waals surface area contributed by atoms with Crippen LogP contribution in [0.15, 0.2) is 59.6 Å². The van der Waals surface area contributed by atoms with Gasteiger partial charge in [0.05, 0.1) is 18.1 Å². The molecule has 1 aromatic heterocycles. The average molecular weight is 471 g/mol. The fourth-order valence-electron chi connectivity index (χ4n) is 3.76. The second-order valence-corrected chi connectivity index (χ2v) is 9.26. The molecule has 0 aliphatic carbocycles. The van der Waals surface area contributed by atoms with Crippen molar-refractivity contribution < 1.29 is 9.53 Å². The maximum absolute atomic E-state index is 12.5. The third-order valence-electron chi connectivity index (χ3n) is 5.43. The molecule has 32 heavy (non-hydrogen) atoms. The molecule has 8 heteroatoms. The Kier molecular flexibility index (Phi) is 7.73. The van der Waals surface area contributed by atoms with E-state index in [4.69, 9.17) is 16.3 Å². The molecule has 1 amide bonds. The Hall–Kier alpha value is -2.48. The minimum absolute atomic E-state index is 0.0677. The van der Waals surface area contributed by atoms with Gasteiger partial charge in [-0.2, -0.15) is 5.10 Å². The number of ether oxygens (including phenoxy) is 1. The molecule has 168 valence electrons. The minimum Gasteiger partial charge on any atom is -0.493 e. The zero-order chi connectivity index (χ0) is 22.3. The summed E-state index contributed by atoms with van der Waals surface area (Å²) in [6, 6.07) is 15.7. The van der Waals surface area contributed by atoms with E-state index < -0.39 is 0 Å². The fourth-order valence-corrected chi connectivity index (χ4v) is 4.59. The highest BCUT2D eigenvalue weighted by Crippen LogP contribution is 2.33. The second kappa shape index (κ2) is 10.9. The van der Waals surface area contributed by atoms with E-state index in [1.807, 2.05) is 60.3 Å². The van der Waals surface area contributed by atoms with Crippen LogP contribution >= 0.6 is 23.4 Å². The normalized spacial score (nSPS) is 15.6. The van der Waals surface area contributed by atoms with Crippen molar-refractivity contribution in [2.75, 3.05) is 24.2 Å². The third kappa shape index (κ3) is 6.06. The predicted octanol–water partition coefficient (Wildman–Crippen LogP) is 4.99. The summed E-state index contributed by atoms with van der Waals surface area (Å²) in [7, 11) is 1.90. The molecule has 1 unspecified atom stereocenters. The summed E-state index contributed by atoms with van der Waals surface area (Å²) in [5.74, 6) is 1.04. The van der Waals surface area contributed by atoms with Crippen LogP contribution < -0.4 is 15.4 Å². The fraction of sp³-hybridized carbons (Fsp3) is 0.333. The topological polar surface area (TPSA) is 68.2 Å². The molecule has 0 radical (unpaired) electrons. The van der Waals surface area contributed by atoms with Crippen LogP contribution in [0.2, 0.25) is 5.02 Å². The summed E-state index contributed by atoms with van der Waals surface area (Å²) in [5, 5.41) is 11.5. The number of carbonyl (C=O) groups excluding carboxylic acids is 1. The van der Waals surface area contributed by atoms with Gasteiger partial charge in [0.15, 0.2) is 0 Å². The van der Waals surface area contributed by atoms with Crippen molar-refractivity contribution >= 4 is 35.0 Å². The Labute approximate surface area is 197 Å². The number of benzene rings is 2. The van der Waals surface area contributed by atoms with E-state index in [-0.39, 0.29) is 5.91 Å². The van der Waals surface area contributed by atoms with Gasteiger partial charge >= 0.3 is 0 Å². The van der Waals surface area contributed by atoms with E-state index in [0.29, 0.717) is 23.4 Å². The molecular weight excluding hydrogens is 444 g/mol. The zero-order valence-corrected chi connectivity index (χ0v) is 19.6. The van der Waals surface area contributed by atoms with Crippen LogP contribution in [0.5, 0.6) is 5.75 Å². The lowest BCUT2D eigenvalue weighted by molar-refractivity contribution is -0.113. The minimum atomic E-state index is -0.0677. The maximum Gasteiger partial charge on any atom is 0.234 e. The Morgan fingerprint density at radius 3 is 2.84 bits per heavy atom. The number of nitrogens with one attached hydrogen (secondary N) is 2. The van der Waals surface area contributed by atoms with Gasteiger partial charge in [0.25, 0.3) is 0 Å². The molecule has 6 nitrogen and oxygen atoms in total. The zero-order valence-electron chi connectivity index (χ0n) is 18.0. The summed E-state index contributed by atoms with van der Waals surface area (Å²) in [5.41, 5.74) is 2.57. The molecule has 2 aromatic carbocycles. The van der Waals surface area contributed by atoms with Crippen LogP contribution in [-0.2, 0) is 11.8 Å². The van der Waals surface area contributed by atoms with Gasteiger partial charge in [-0.15, -0.1) is 11.8 Å². The predicted molar refractivity (Wildman–Crippen MR) is 131 cm³/mol. The average Bonchev–Trinajstić information content (AvgIpc) is 3.46. The highest BCUT2D eigenvalue weighted by molar-refractivity contribution is 8.00. The van der Waals surface area contributed by atoms with Gasteiger partial charge < -0.3 is 15.4 Å². The Bertz CT molecular complexity index is 1050. The third-order valence-corrected chi connectivity index (χ3v) is 6.69. The van der Waals surface area contributed by atoms with Crippen LogP contribution in [0.4, 0.5) is 5.69 Å². The van der Waals surface area contributed by atoms with Crippen molar-refractivity contribution in [3.63, 3.8) is 0 Å². The largest absolute Gasteiger partial charge is 0.493 e. The number of aromatic nitrogens is 2. The number of halogens is 1. The standard InChI is InChI=1S/C24H27ClN4O2S/c1-29-22(10-13-27-29)21-15-19(6-9-23(21)31-14-11-18-3-2-12-26-18)28-24(30)16-32-20-7-4-17(25)5-8-20/h4-10,13,15,18,26H,2-3,11-12,14,16H2,1H3,(H,28,30). The van der Waals surface area contributed by atoms with Crippen molar-refractivity contribution in [1.29, 1.82) is 0 Å². The molecule has 2 N–H and O–H groups in total. The summed E-state index contributed by atoms with van der Waals surface area (Å²) in [6.07, 6.45) is 5.17. The van der Waals surface area contributed by atoms with Crippen molar-refractivity contribution in [2.24, 2.45) is 7.05 Å². The quantitative estimate of drug-likeness (QED) is 0.431. The summed E-state index contributed by atoms with van der Waals surface area (Å²) >= 11 is 7.39. The molecular formula is C24H27ClN4O2S. The molecule has 3 aromatic rings. The first-order chi connectivity index (χ1) is 15.6. The molecule has 4 rings (SSSR count). The van der Waals surface area contributed by atoms with Gasteiger partial charge in [-0.1, -0.05) is 11.6 Å². The molecule has 0 bridgehead atoms. The van der Waals surface area contributed by atoms with E-state index in [0.717, 1.165) is 40.6 Å². The maximum atomic E-state index is 12.5. The van der Waals surface area contributed by atoms with Crippen molar-refractivity contribution in [3.8, 4) is 17.0 Å². The first-order valence-corrected chi connectivity index (χ1v) is 12.1. The number of aryl methyl sites for hydroxylation is 1. The Balaban J connectivity index is 1.42. The van der Waals surface area contributed by atoms with Gasteiger partial charge in [0.2, 0.25) is 5.91 Å². The number of hydrogen-bond donors (Lipinski definition) is 2. The second-order valence-electron chi connectivity index (χ2n) is 7.77. The van der Waals surface area contributed by atoms with Crippen molar-refractivity contribution in [2.45, 2.75) is 30.2 Å². The highest BCUT2D eigenvalue weighted by atomic mass is 35.5. The summed E-state index contributed by atoms with van der Waals surface area (Å²) in [6.45, 7) is 1.74. The van der Waals surface area contributed by atoms with Crippen LogP contribution in [0.25, 0.3) is 11.3 Å². The van der Waals surface area contributed by atoms with Gasteiger partial charge in [-0.3, -0.25) is 9.48 Å². The molecule has 2 heterocycles. The van der Waals surface area contributed by atoms with E-state index >= 15 is 0 Å². The molecule has 1 atom stereocenters. The monoisotopic (exact) mass is 470 g/mol. The number of thioether (sulfide) groups is 1. The van der Waals surface area contributed by atoms with Crippen LogP contribution in [0.1, 0.15) is 19.3 Å². The van der Waals surface area contributed by atoms with E-state index in [9.17, 15) is 4.79 Å². The number of hydrogen-bond acceptors (Lipinski definition) is 5. The summed E-state index contributed by atoms with van der Waals surface area (Å²) in [4.78, 5) is 13.5. The SMILES string of the molecule is Cn1nccc1-c1cc(NC(=O)CSc2ccc(Cl)cc2)ccc1OCCC1CCCN1.